The highest BCUT2D eigenvalue weighted by Crippen LogP contribution is 2.39. The molecule has 98 valence electrons. The normalized spacial score (nSPS) is 23.5. The molecule has 0 spiro atoms. The van der Waals surface area contributed by atoms with Gasteiger partial charge in [-0.25, -0.2) is 4.98 Å². The van der Waals surface area contributed by atoms with E-state index in [1.165, 1.54) is 17.8 Å². The van der Waals surface area contributed by atoms with Crippen LogP contribution in [0.3, 0.4) is 0 Å². The lowest BCUT2D eigenvalue weighted by molar-refractivity contribution is -0.138. The van der Waals surface area contributed by atoms with Crippen LogP contribution in [0, 0.1) is 0 Å². The van der Waals surface area contributed by atoms with Gasteiger partial charge in [-0.15, -0.1) is 11.8 Å². The number of thioether (sulfide) groups is 1. The van der Waals surface area contributed by atoms with Crippen LogP contribution in [0.4, 0.5) is 19.0 Å². The molecule has 2 aliphatic rings. The van der Waals surface area contributed by atoms with Gasteiger partial charge in [0.05, 0.1) is 16.5 Å². The highest BCUT2D eigenvalue weighted by molar-refractivity contribution is 7.99. The van der Waals surface area contributed by atoms with Crippen LogP contribution in [0.1, 0.15) is 5.56 Å². The molecule has 18 heavy (non-hydrogen) atoms. The van der Waals surface area contributed by atoms with E-state index in [1.54, 1.807) is 0 Å². The van der Waals surface area contributed by atoms with Gasteiger partial charge in [0.15, 0.2) is 0 Å². The number of aromatic nitrogens is 1. The van der Waals surface area contributed by atoms with Crippen molar-refractivity contribution in [2.45, 2.75) is 17.1 Å². The van der Waals surface area contributed by atoms with Crippen molar-refractivity contribution in [3.63, 3.8) is 0 Å². The average molecular weight is 275 g/mol. The standard InChI is InChI=1S/C11H12F3N3S/c12-11(13,14)7-3-9-10(16-4-7)17-2-1-15-5-8(17)6-18-9/h3-4,8,15H,1-2,5-6H2/t8-/m0/s1. The zero-order chi connectivity index (χ0) is 12.8. The SMILES string of the molecule is FC(F)(F)c1cnc2c(c1)SC[C@@H]1CNCCN21. The smallest absolute Gasteiger partial charge is 0.349 e. The molecule has 3 nitrogen and oxygen atoms in total. The zero-order valence-corrected chi connectivity index (χ0v) is 10.3. The van der Waals surface area contributed by atoms with Gasteiger partial charge in [0, 0.05) is 31.6 Å². The van der Waals surface area contributed by atoms with Crippen molar-refractivity contribution in [1.29, 1.82) is 0 Å². The lowest BCUT2D eigenvalue weighted by atomic mass is 10.2. The summed E-state index contributed by atoms with van der Waals surface area (Å²) in [5, 5.41) is 3.29. The number of nitrogens with one attached hydrogen (secondary N) is 1. The van der Waals surface area contributed by atoms with Gasteiger partial charge in [-0.1, -0.05) is 0 Å². The Morgan fingerprint density at radius 1 is 1.44 bits per heavy atom. The van der Waals surface area contributed by atoms with E-state index in [0.717, 1.165) is 31.6 Å². The maximum Gasteiger partial charge on any atom is 0.417 e. The van der Waals surface area contributed by atoms with Gasteiger partial charge < -0.3 is 10.2 Å². The van der Waals surface area contributed by atoms with Crippen LogP contribution >= 0.6 is 11.8 Å². The minimum Gasteiger partial charge on any atom is -0.349 e. The van der Waals surface area contributed by atoms with Gasteiger partial charge in [0.2, 0.25) is 0 Å². The molecule has 1 atom stereocenters. The highest BCUT2D eigenvalue weighted by atomic mass is 32.2. The van der Waals surface area contributed by atoms with E-state index < -0.39 is 11.7 Å². The number of pyridine rings is 1. The monoisotopic (exact) mass is 275 g/mol. The van der Waals surface area contributed by atoms with E-state index in [1.807, 2.05) is 0 Å². The first kappa shape index (κ1) is 12.1. The lowest BCUT2D eigenvalue weighted by Gasteiger charge is -2.41. The number of hydrogen-bond donors (Lipinski definition) is 1. The van der Waals surface area contributed by atoms with Crippen molar-refractivity contribution >= 4 is 17.6 Å². The quantitative estimate of drug-likeness (QED) is 0.783. The Morgan fingerprint density at radius 3 is 3.06 bits per heavy atom. The topological polar surface area (TPSA) is 28.2 Å². The second-order valence-electron chi connectivity index (χ2n) is 4.41. The van der Waals surface area contributed by atoms with Crippen molar-refractivity contribution in [2.24, 2.45) is 0 Å². The Balaban J connectivity index is 1.96. The van der Waals surface area contributed by atoms with Gasteiger partial charge in [-0.05, 0) is 6.07 Å². The number of piperazine rings is 1. The van der Waals surface area contributed by atoms with Crippen molar-refractivity contribution in [3.05, 3.63) is 17.8 Å². The van der Waals surface area contributed by atoms with E-state index in [9.17, 15) is 13.2 Å². The summed E-state index contributed by atoms with van der Waals surface area (Å²) in [6.07, 6.45) is -3.38. The number of hydrogen-bond acceptors (Lipinski definition) is 4. The molecule has 2 aliphatic heterocycles. The minimum atomic E-state index is -4.32. The fraction of sp³-hybridized carbons (Fsp3) is 0.545. The molecule has 0 aliphatic carbocycles. The van der Waals surface area contributed by atoms with Crippen LogP contribution in [0.2, 0.25) is 0 Å². The molecule has 1 aromatic rings. The summed E-state index contributed by atoms with van der Waals surface area (Å²) >= 11 is 1.46. The highest BCUT2D eigenvalue weighted by Gasteiger charge is 2.35. The van der Waals surface area contributed by atoms with Crippen molar-refractivity contribution in [3.8, 4) is 0 Å². The summed E-state index contributed by atoms with van der Waals surface area (Å²) < 4.78 is 37.9. The third-order valence-electron chi connectivity index (χ3n) is 3.21. The molecule has 1 saturated heterocycles. The summed E-state index contributed by atoms with van der Waals surface area (Å²) in [5.41, 5.74) is -0.665. The predicted octanol–water partition coefficient (Wildman–Crippen LogP) is 1.98. The van der Waals surface area contributed by atoms with Crippen molar-refractivity contribution in [1.82, 2.24) is 10.3 Å². The minimum absolute atomic E-state index is 0.334. The third kappa shape index (κ3) is 2.05. The molecule has 0 bridgehead atoms. The molecule has 1 fully saturated rings. The molecule has 3 rings (SSSR count). The summed E-state index contributed by atoms with van der Waals surface area (Å²) in [7, 11) is 0. The number of fused-ring (bicyclic) bond motifs is 3. The number of alkyl halides is 3. The van der Waals surface area contributed by atoms with Crippen LogP contribution in [0.25, 0.3) is 0 Å². The lowest BCUT2D eigenvalue weighted by Crippen LogP contribution is -2.54. The van der Waals surface area contributed by atoms with Crippen molar-refractivity contribution in [2.75, 3.05) is 30.3 Å². The van der Waals surface area contributed by atoms with Gasteiger partial charge in [-0.3, -0.25) is 0 Å². The molecule has 0 aromatic carbocycles. The first-order valence-electron chi connectivity index (χ1n) is 5.73. The Hall–Kier alpha value is -0.950. The van der Waals surface area contributed by atoms with E-state index in [4.69, 9.17) is 0 Å². The molecule has 3 heterocycles. The fourth-order valence-corrected chi connectivity index (χ4v) is 3.47. The number of nitrogens with zero attached hydrogens (tertiary/aromatic N) is 2. The fourth-order valence-electron chi connectivity index (χ4n) is 2.29. The second kappa shape index (κ2) is 4.31. The average Bonchev–Trinajstić information content (AvgIpc) is 2.37. The summed E-state index contributed by atoms with van der Waals surface area (Å²) in [6.45, 7) is 2.52. The molecule has 0 radical (unpaired) electrons. The van der Waals surface area contributed by atoms with Gasteiger partial charge in [0.25, 0.3) is 0 Å². The van der Waals surface area contributed by atoms with Gasteiger partial charge in [-0.2, -0.15) is 13.2 Å². The van der Waals surface area contributed by atoms with Crippen LogP contribution < -0.4 is 10.2 Å². The maximum absolute atomic E-state index is 12.6. The van der Waals surface area contributed by atoms with E-state index in [0.29, 0.717) is 16.8 Å². The largest absolute Gasteiger partial charge is 0.417 e. The molecule has 0 unspecified atom stereocenters. The van der Waals surface area contributed by atoms with E-state index in [-0.39, 0.29) is 0 Å². The van der Waals surface area contributed by atoms with Crippen LogP contribution in [-0.2, 0) is 6.18 Å². The Kier molecular flexibility index (Phi) is 2.90. The molecule has 7 heteroatoms. The summed E-state index contributed by atoms with van der Waals surface area (Å²) in [6, 6.07) is 1.55. The van der Waals surface area contributed by atoms with Crippen LogP contribution in [0.5, 0.6) is 0 Å². The Labute approximate surface area is 107 Å². The van der Waals surface area contributed by atoms with Crippen molar-refractivity contribution < 1.29 is 13.2 Å². The molecule has 0 amide bonds. The number of anilines is 1. The second-order valence-corrected chi connectivity index (χ2v) is 5.47. The number of rotatable bonds is 0. The van der Waals surface area contributed by atoms with E-state index >= 15 is 0 Å². The van der Waals surface area contributed by atoms with Gasteiger partial charge >= 0.3 is 6.18 Å². The predicted molar refractivity (Wildman–Crippen MR) is 64.0 cm³/mol. The van der Waals surface area contributed by atoms with E-state index in [2.05, 4.69) is 15.2 Å². The maximum atomic E-state index is 12.6. The third-order valence-corrected chi connectivity index (χ3v) is 4.38. The molecule has 0 saturated carbocycles. The first-order chi connectivity index (χ1) is 8.55. The molecule has 1 N–H and O–H groups in total. The summed E-state index contributed by atoms with van der Waals surface area (Å²) in [4.78, 5) is 6.78. The molecular weight excluding hydrogens is 263 g/mol. The van der Waals surface area contributed by atoms with Crippen LogP contribution in [0.15, 0.2) is 17.2 Å². The molecular formula is C11H12F3N3S. The zero-order valence-electron chi connectivity index (χ0n) is 9.50. The van der Waals surface area contributed by atoms with Gasteiger partial charge in [0.1, 0.15) is 5.82 Å². The summed E-state index contributed by atoms with van der Waals surface area (Å²) in [5.74, 6) is 1.51. The Bertz CT molecular complexity index is 463. The first-order valence-corrected chi connectivity index (χ1v) is 6.71. The molecule has 1 aromatic heterocycles. The Morgan fingerprint density at radius 2 is 2.28 bits per heavy atom. The number of halogens is 3. The van der Waals surface area contributed by atoms with Crippen LogP contribution in [-0.4, -0.2) is 36.4 Å².